The average molecular weight is 281 g/mol. The Hall–Kier alpha value is -2.08. The quantitative estimate of drug-likeness (QED) is 0.675. The highest BCUT2D eigenvalue weighted by Crippen LogP contribution is 2.17. The lowest BCUT2D eigenvalue weighted by atomic mass is 10.3. The lowest BCUT2D eigenvalue weighted by molar-refractivity contribution is -0.139. The van der Waals surface area contributed by atoms with E-state index in [4.69, 9.17) is 14.6 Å². The number of ether oxygens (including phenoxy) is 2. The predicted octanol–water partition coefficient (Wildman–Crippen LogP) is 1.91. The van der Waals surface area contributed by atoms with E-state index in [1.165, 1.54) is 0 Å². The molecule has 0 radical (unpaired) electrons. The maximum absolute atomic E-state index is 11.6. The maximum atomic E-state index is 11.6. The molecule has 0 atom stereocenters. The van der Waals surface area contributed by atoms with Crippen LogP contribution in [-0.4, -0.2) is 36.8 Å². The van der Waals surface area contributed by atoms with Crippen LogP contribution in [0.3, 0.4) is 0 Å². The van der Waals surface area contributed by atoms with Gasteiger partial charge in [0.2, 0.25) is 5.91 Å². The summed E-state index contributed by atoms with van der Waals surface area (Å²) in [5.41, 5.74) is 0.539. The molecule has 0 aliphatic rings. The van der Waals surface area contributed by atoms with Crippen LogP contribution in [0, 0.1) is 0 Å². The standard InChI is InChI=1S/C14H19NO5/c1-2-3-7-19-9-13(16)15-11-5-4-6-12(8-11)20-10-14(17)18/h4-6,8H,2-3,7,9-10H2,1H3,(H,15,16)(H,17,18). The zero-order valence-corrected chi connectivity index (χ0v) is 11.4. The molecule has 0 aromatic heterocycles. The van der Waals surface area contributed by atoms with Crippen molar-refractivity contribution in [2.45, 2.75) is 19.8 Å². The first-order valence-electron chi connectivity index (χ1n) is 6.44. The number of benzene rings is 1. The zero-order chi connectivity index (χ0) is 14.8. The fourth-order valence-corrected chi connectivity index (χ4v) is 1.42. The number of anilines is 1. The molecule has 1 amide bonds. The van der Waals surface area contributed by atoms with Gasteiger partial charge in [-0.1, -0.05) is 19.4 Å². The molecule has 0 spiro atoms. The Morgan fingerprint density at radius 3 is 2.80 bits per heavy atom. The summed E-state index contributed by atoms with van der Waals surface area (Å²) in [7, 11) is 0. The monoisotopic (exact) mass is 281 g/mol. The molecule has 0 bridgehead atoms. The molecule has 1 aromatic carbocycles. The molecule has 0 saturated heterocycles. The topological polar surface area (TPSA) is 84.9 Å². The van der Waals surface area contributed by atoms with Gasteiger partial charge in [0, 0.05) is 18.4 Å². The van der Waals surface area contributed by atoms with Crippen LogP contribution in [0.5, 0.6) is 5.75 Å². The van der Waals surface area contributed by atoms with Gasteiger partial charge in [0.1, 0.15) is 12.4 Å². The third-order valence-electron chi connectivity index (χ3n) is 2.36. The van der Waals surface area contributed by atoms with Crippen molar-refractivity contribution in [3.63, 3.8) is 0 Å². The largest absolute Gasteiger partial charge is 0.482 e. The zero-order valence-electron chi connectivity index (χ0n) is 11.4. The lowest BCUT2D eigenvalue weighted by Gasteiger charge is -2.08. The van der Waals surface area contributed by atoms with Crippen molar-refractivity contribution in [1.82, 2.24) is 0 Å². The number of carbonyl (C=O) groups is 2. The number of rotatable bonds is 9. The van der Waals surface area contributed by atoms with E-state index in [-0.39, 0.29) is 12.5 Å². The fourth-order valence-electron chi connectivity index (χ4n) is 1.42. The van der Waals surface area contributed by atoms with Crippen molar-refractivity contribution in [2.24, 2.45) is 0 Å². The summed E-state index contributed by atoms with van der Waals surface area (Å²) in [6.45, 7) is 2.19. The molecule has 0 aliphatic heterocycles. The highest BCUT2D eigenvalue weighted by Gasteiger charge is 2.04. The summed E-state index contributed by atoms with van der Waals surface area (Å²) >= 11 is 0. The van der Waals surface area contributed by atoms with Crippen molar-refractivity contribution < 1.29 is 24.2 Å². The number of carboxylic acid groups (broad SMARTS) is 1. The molecule has 6 heteroatoms. The molecule has 0 fully saturated rings. The third-order valence-corrected chi connectivity index (χ3v) is 2.36. The van der Waals surface area contributed by atoms with Gasteiger partial charge in [-0.05, 0) is 18.6 Å². The van der Waals surface area contributed by atoms with Crippen molar-refractivity contribution in [3.8, 4) is 5.75 Å². The molecule has 2 N–H and O–H groups in total. The SMILES string of the molecule is CCCCOCC(=O)Nc1cccc(OCC(=O)O)c1. The Morgan fingerprint density at radius 1 is 1.30 bits per heavy atom. The summed E-state index contributed by atoms with van der Waals surface area (Å²) < 4.78 is 10.2. The number of amides is 1. The first-order chi connectivity index (χ1) is 9.61. The first-order valence-corrected chi connectivity index (χ1v) is 6.44. The Bertz CT molecular complexity index is 447. The van der Waals surface area contributed by atoms with Gasteiger partial charge in [-0.15, -0.1) is 0 Å². The Morgan fingerprint density at radius 2 is 2.10 bits per heavy atom. The van der Waals surface area contributed by atoms with E-state index in [0.717, 1.165) is 12.8 Å². The fraction of sp³-hybridized carbons (Fsp3) is 0.429. The maximum Gasteiger partial charge on any atom is 0.341 e. The van der Waals surface area contributed by atoms with Gasteiger partial charge in [0.15, 0.2) is 6.61 Å². The van der Waals surface area contributed by atoms with Gasteiger partial charge < -0.3 is 19.9 Å². The molecule has 20 heavy (non-hydrogen) atoms. The number of hydrogen-bond acceptors (Lipinski definition) is 4. The molecule has 110 valence electrons. The molecule has 0 aliphatic carbocycles. The van der Waals surface area contributed by atoms with Gasteiger partial charge in [-0.25, -0.2) is 4.79 Å². The Kier molecular flexibility index (Phi) is 7.13. The van der Waals surface area contributed by atoms with Crippen molar-refractivity contribution >= 4 is 17.6 Å². The van der Waals surface area contributed by atoms with Gasteiger partial charge in [-0.2, -0.15) is 0 Å². The van der Waals surface area contributed by atoms with E-state index in [2.05, 4.69) is 5.32 Å². The summed E-state index contributed by atoms with van der Waals surface area (Å²) in [6.07, 6.45) is 1.94. The molecule has 0 saturated carbocycles. The molecule has 1 rings (SSSR count). The lowest BCUT2D eigenvalue weighted by Crippen LogP contribution is -2.18. The minimum Gasteiger partial charge on any atom is -0.482 e. The van der Waals surface area contributed by atoms with Crippen LogP contribution in [0.4, 0.5) is 5.69 Å². The summed E-state index contributed by atoms with van der Waals surface area (Å²) in [5.74, 6) is -0.919. The molecule has 6 nitrogen and oxygen atoms in total. The minimum absolute atomic E-state index is 0.000209. The van der Waals surface area contributed by atoms with Crippen LogP contribution in [0.1, 0.15) is 19.8 Å². The predicted molar refractivity (Wildman–Crippen MR) is 73.9 cm³/mol. The normalized spacial score (nSPS) is 10.1. The second-order valence-electron chi connectivity index (χ2n) is 4.16. The van der Waals surface area contributed by atoms with Crippen molar-refractivity contribution in [3.05, 3.63) is 24.3 Å². The molecule has 0 unspecified atom stereocenters. The van der Waals surface area contributed by atoms with E-state index in [9.17, 15) is 9.59 Å². The molecular formula is C14H19NO5. The highest BCUT2D eigenvalue weighted by molar-refractivity contribution is 5.91. The molecular weight excluding hydrogens is 262 g/mol. The first kappa shape index (κ1) is 16.0. The van der Waals surface area contributed by atoms with Crippen LogP contribution in [0.25, 0.3) is 0 Å². The van der Waals surface area contributed by atoms with Crippen molar-refractivity contribution in [2.75, 3.05) is 25.1 Å². The smallest absolute Gasteiger partial charge is 0.341 e. The van der Waals surface area contributed by atoms with E-state index in [1.54, 1.807) is 24.3 Å². The van der Waals surface area contributed by atoms with Crippen LogP contribution in [-0.2, 0) is 14.3 Å². The number of hydrogen-bond donors (Lipinski definition) is 2. The number of carbonyl (C=O) groups excluding carboxylic acids is 1. The van der Waals surface area contributed by atoms with Crippen molar-refractivity contribution in [1.29, 1.82) is 0 Å². The van der Waals surface area contributed by atoms with Crippen LogP contribution in [0.2, 0.25) is 0 Å². The Balaban J connectivity index is 2.40. The van der Waals surface area contributed by atoms with E-state index >= 15 is 0 Å². The van der Waals surface area contributed by atoms with Gasteiger partial charge in [0.05, 0.1) is 0 Å². The summed E-state index contributed by atoms with van der Waals surface area (Å²) in [6, 6.07) is 6.55. The molecule has 0 heterocycles. The number of aliphatic carboxylic acids is 1. The summed E-state index contributed by atoms with van der Waals surface area (Å²) in [4.78, 5) is 22.0. The second kappa shape index (κ2) is 8.92. The van der Waals surface area contributed by atoms with Gasteiger partial charge in [0.25, 0.3) is 0 Å². The number of unbranched alkanes of at least 4 members (excludes halogenated alkanes) is 1. The second-order valence-corrected chi connectivity index (χ2v) is 4.16. The van der Waals surface area contributed by atoms with Gasteiger partial charge >= 0.3 is 5.97 Å². The number of carboxylic acids is 1. The van der Waals surface area contributed by atoms with Crippen LogP contribution < -0.4 is 10.1 Å². The van der Waals surface area contributed by atoms with Crippen LogP contribution >= 0.6 is 0 Å². The average Bonchev–Trinajstić information content (AvgIpc) is 2.42. The summed E-state index contributed by atoms with van der Waals surface area (Å²) in [5, 5.41) is 11.2. The molecule has 1 aromatic rings. The van der Waals surface area contributed by atoms with E-state index < -0.39 is 12.6 Å². The van der Waals surface area contributed by atoms with Gasteiger partial charge in [-0.3, -0.25) is 4.79 Å². The Labute approximate surface area is 117 Å². The third kappa shape index (κ3) is 6.75. The van der Waals surface area contributed by atoms with Crippen LogP contribution in [0.15, 0.2) is 24.3 Å². The minimum atomic E-state index is -1.05. The van der Waals surface area contributed by atoms with E-state index in [0.29, 0.717) is 18.0 Å². The van der Waals surface area contributed by atoms with E-state index in [1.807, 2.05) is 6.92 Å². The number of nitrogens with one attached hydrogen (secondary N) is 1. The highest BCUT2D eigenvalue weighted by atomic mass is 16.5.